The molecule has 0 aliphatic carbocycles. The predicted octanol–water partition coefficient (Wildman–Crippen LogP) is 18.6. The largest absolute Gasteiger partial charge is 0.125 e. The number of hydrogen-bond acceptors (Lipinski definition) is 0. The fraction of sp³-hybridized carbons (Fsp3) is 0.786. The first-order valence-electron chi connectivity index (χ1n) is 23.2. The van der Waals surface area contributed by atoms with E-state index in [1.54, 1.807) is 0 Å². The zero-order valence-corrected chi connectivity index (χ0v) is 50.2. The molecule has 0 nitrogen and oxygen atoms in total. The fourth-order valence-corrected chi connectivity index (χ4v) is 12.9. The molecule has 60 heavy (non-hydrogen) atoms. The summed E-state index contributed by atoms with van der Waals surface area (Å²) >= 11 is 0. The van der Waals surface area contributed by atoms with Crippen molar-refractivity contribution in [3.8, 4) is 11.1 Å². The second-order valence-electron chi connectivity index (χ2n) is 29.6. The summed E-state index contributed by atoms with van der Waals surface area (Å²) in [5.74, 6) is 0. The minimum absolute atomic E-state index is 0.0610. The highest BCUT2D eigenvalue weighted by molar-refractivity contribution is 7.19. The van der Waals surface area contributed by atoms with Gasteiger partial charge in [0.2, 0.25) is 0 Å². The van der Waals surface area contributed by atoms with E-state index in [4.69, 9.17) is 0 Å². The lowest BCUT2D eigenvalue weighted by molar-refractivity contribution is 0.117. The Labute approximate surface area is 386 Å². The monoisotopic (exact) mass is 899 g/mol. The Balaban J connectivity index is 3.97. The molecule has 0 radical (unpaired) electrons. The molecule has 0 saturated heterocycles. The van der Waals surface area contributed by atoms with Gasteiger partial charge >= 0.3 is 0 Å². The van der Waals surface area contributed by atoms with Gasteiger partial charge in [0.1, 0.15) is 0 Å². The van der Waals surface area contributed by atoms with Crippen molar-refractivity contribution in [2.24, 2.45) is 43.3 Å². The van der Waals surface area contributed by atoms with Gasteiger partial charge in [0.05, 0.1) is 0 Å². The van der Waals surface area contributed by atoms with Crippen molar-refractivity contribution >= 4 is 37.0 Å². The first-order chi connectivity index (χ1) is 25.7. The number of rotatable bonds is 5. The lowest BCUT2D eigenvalue weighted by Gasteiger charge is -2.58. The second-order valence-corrected chi connectivity index (χ2v) is 33.1. The van der Waals surface area contributed by atoms with Gasteiger partial charge < -0.3 is 0 Å². The summed E-state index contributed by atoms with van der Waals surface area (Å²) in [4.78, 5) is 0. The van der Waals surface area contributed by atoms with Crippen LogP contribution in [0.4, 0.5) is 0 Å². The molecule has 0 aromatic heterocycles. The first-order valence-corrected chi connectivity index (χ1v) is 25.5. The molecule has 4 atom stereocenters. The van der Waals surface area contributed by atoms with Gasteiger partial charge in [0.25, 0.3) is 0 Å². The predicted molar refractivity (Wildman–Crippen MR) is 290 cm³/mol. The average Bonchev–Trinajstić information content (AvgIpc) is 2.96. The van der Waals surface area contributed by atoms with Crippen LogP contribution in [0.25, 0.3) is 11.1 Å². The number of hydrogen-bond donors (Lipinski definition) is 0. The molecule has 346 valence electrons. The van der Waals surface area contributed by atoms with E-state index >= 15 is 0 Å². The van der Waals surface area contributed by atoms with Crippen LogP contribution in [0.2, 0.25) is 0 Å². The third kappa shape index (κ3) is 9.14. The van der Waals surface area contributed by atoms with E-state index in [9.17, 15) is 0 Å². The van der Waals surface area contributed by atoms with E-state index in [1.807, 2.05) is 0 Å². The van der Waals surface area contributed by atoms with Crippen LogP contribution in [-0.4, -0.2) is 0 Å². The second kappa shape index (κ2) is 15.9. The maximum atomic E-state index is 3.53. The zero-order valence-electron chi connectivity index (χ0n) is 45.6. The van der Waals surface area contributed by atoms with Gasteiger partial charge in [0.15, 0.2) is 0 Å². The molecule has 2 aromatic carbocycles. The van der Waals surface area contributed by atoms with Crippen molar-refractivity contribution in [1.29, 1.82) is 0 Å². The lowest BCUT2D eigenvalue weighted by atomic mass is 9.55. The van der Waals surface area contributed by atoms with Crippen molar-refractivity contribution in [1.82, 2.24) is 0 Å². The van der Waals surface area contributed by atoms with Crippen molar-refractivity contribution in [2.45, 2.75) is 239 Å². The van der Waals surface area contributed by atoms with Crippen LogP contribution >= 0.6 is 37.0 Å². The van der Waals surface area contributed by atoms with Crippen molar-refractivity contribution in [2.75, 3.05) is 0 Å². The molecule has 0 aliphatic rings. The molecule has 0 amide bonds. The molecule has 2 aromatic rings. The van der Waals surface area contributed by atoms with Gasteiger partial charge in [0, 0.05) is 20.6 Å². The Kier molecular flexibility index (Phi) is 14.9. The summed E-state index contributed by atoms with van der Waals surface area (Å²) in [6.07, 6.45) is 0. The van der Waals surface area contributed by atoms with Gasteiger partial charge in [-0.2, -0.15) is 0 Å². The standard InChI is InChI=1S/C56H102P4/c1-43(2,3)37-33-41(55(59,49(19,20)21)50(22,23)24)39(53(57,45(7,8)9)46(10,11)12)31-35(37)36-32-40(54(58,47(13,14)15)48(16,17)18)42(34-38(36)44(4,5)6)56(60,51(25,26)27)52(28,29)30/h31-34H,57-60H2,1-30H3. The van der Waals surface area contributed by atoms with Gasteiger partial charge in [-0.1, -0.05) is 220 Å². The van der Waals surface area contributed by atoms with Gasteiger partial charge in [-0.3, -0.25) is 0 Å². The summed E-state index contributed by atoms with van der Waals surface area (Å²) in [6.45, 7) is 73.7. The smallest absolute Gasteiger partial charge is 0.0197 e. The summed E-state index contributed by atoms with van der Waals surface area (Å²) in [6, 6.07) is 10.9. The van der Waals surface area contributed by atoms with Crippen LogP contribution in [0.3, 0.4) is 0 Å². The normalized spacial score (nSPS) is 15.8. The molecule has 0 spiro atoms. The molecule has 0 N–H and O–H groups in total. The summed E-state index contributed by atoms with van der Waals surface area (Å²) < 4.78 is 0. The molecule has 0 bridgehead atoms. The SMILES string of the molecule is CC(C)(C)c1cc(C(P)(C(C)(C)C)C(C)(C)C)c(C(P)(C(C)(C)C)C(C)(C)C)cc1-c1cc(C(P)(C(C)(C)C)C(C)(C)C)c(C(P)(C(C)(C)C)C(C)(C)C)cc1C(C)(C)C. The maximum absolute atomic E-state index is 3.53. The van der Waals surface area contributed by atoms with Gasteiger partial charge in [-0.05, 0) is 111 Å². The van der Waals surface area contributed by atoms with Crippen molar-refractivity contribution in [3.05, 3.63) is 57.6 Å². The minimum Gasteiger partial charge on any atom is -0.125 e. The van der Waals surface area contributed by atoms with Crippen molar-refractivity contribution in [3.63, 3.8) is 0 Å². The molecule has 4 heteroatoms. The van der Waals surface area contributed by atoms with Crippen LogP contribution in [0.5, 0.6) is 0 Å². The fourth-order valence-electron chi connectivity index (χ4n) is 11.9. The Morgan fingerprint density at radius 1 is 0.217 bits per heavy atom. The average molecular weight is 899 g/mol. The van der Waals surface area contributed by atoms with E-state index in [0.29, 0.717) is 0 Å². The Bertz CT molecular complexity index is 1670. The molecule has 0 heterocycles. The quantitative estimate of drug-likeness (QED) is 0.262. The van der Waals surface area contributed by atoms with Crippen LogP contribution in [0, 0.1) is 43.3 Å². The van der Waals surface area contributed by atoms with E-state index in [2.05, 4.69) is 269 Å². The highest BCUT2D eigenvalue weighted by Gasteiger charge is 2.58. The number of benzene rings is 2. The van der Waals surface area contributed by atoms with Crippen LogP contribution in [0.1, 0.15) is 241 Å². The molecule has 0 aliphatic heterocycles. The van der Waals surface area contributed by atoms with Crippen LogP contribution in [-0.2, 0) is 31.5 Å². The third-order valence-corrected chi connectivity index (χ3v) is 23.6. The van der Waals surface area contributed by atoms with E-state index in [-0.39, 0.29) is 74.8 Å². The van der Waals surface area contributed by atoms with Crippen molar-refractivity contribution < 1.29 is 0 Å². The molecule has 4 unspecified atom stereocenters. The van der Waals surface area contributed by atoms with Gasteiger partial charge in [-0.15, -0.1) is 37.0 Å². The summed E-state index contributed by atoms with van der Waals surface area (Å²) in [5, 5.41) is -1.06. The highest BCUT2D eigenvalue weighted by atomic mass is 31.0. The topological polar surface area (TPSA) is 0 Å². The van der Waals surface area contributed by atoms with Gasteiger partial charge in [-0.25, -0.2) is 0 Å². The van der Waals surface area contributed by atoms with E-state index in [1.165, 1.54) is 44.5 Å². The molecular formula is C56H102P4. The van der Waals surface area contributed by atoms with Crippen LogP contribution in [0.15, 0.2) is 24.3 Å². The summed E-state index contributed by atoms with van der Waals surface area (Å²) in [7, 11) is 14.1. The maximum Gasteiger partial charge on any atom is 0.0197 e. The molecular weight excluding hydrogens is 797 g/mol. The first kappa shape index (κ1) is 56.3. The highest BCUT2D eigenvalue weighted by Crippen LogP contribution is 2.68. The van der Waals surface area contributed by atoms with E-state index < -0.39 is 0 Å². The van der Waals surface area contributed by atoms with E-state index in [0.717, 1.165) is 0 Å². The Morgan fingerprint density at radius 2 is 0.350 bits per heavy atom. The molecule has 0 fully saturated rings. The Morgan fingerprint density at radius 3 is 0.467 bits per heavy atom. The summed E-state index contributed by atoms with van der Waals surface area (Å²) in [5.41, 5.74) is 10.6. The molecule has 2 rings (SSSR count). The third-order valence-electron chi connectivity index (χ3n) is 15.4. The lowest BCUT2D eigenvalue weighted by Crippen LogP contribution is -2.51. The molecule has 0 saturated carbocycles. The zero-order chi connectivity index (χ0) is 48.4. The van der Waals surface area contributed by atoms with Crippen LogP contribution < -0.4 is 0 Å². The minimum atomic E-state index is -0.279. The Hall–Kier alpha value is 0.160.